The van der Waals surface area contributed by atoms with Crippen molar-refractivity contribution in [1.82, 2.24) is 0 Å². The van der Waals surface area contributed by atoms with E-state index in [-0.39, 0.29) is 0 Å². The molecule has 1 heterocycles. The van der Waals surface area contributed by atoms with Crippen molar-refractivity contribution in [2.24, 2.45) is 11.7 Å². The van der Waals surface area contributed by atoms with Crippen molar-refractivity contribution in [2.75, 3.05) is 25.2 Å². The van der Waals surface area contributed by atoms with E-state index in [2.05, 4.69) is 0 Å². The molecule has 0 amide bonds. The summed E-state index contributed by atoms with van der Waals surface area (Å²) in [4.78, 5) is 0. The highest BCUT2D eigenvalue weighted by Crippen LogP contribution is 2.24. The molecule has 0 aromatic rings. The van der Waals surface area contributed by atoms with E-state index >= 15 is 0 Å². The highest BCUT2D eigenvalue weighted by atomic mass is 32.2. The second-order valence-corrected chi connectivity index (χ2v) is 3.78. The zero-order valence-electron chi connectivity index (χ0n) is 6.38. The van der Waals surface area contributed by atoms with Crippen molar-refractivity contribution in [3.05, 3.63) is 0 Å². The molecule has 0 aliphatic carbocycles. The molecular weight excluding hydrogens is 146 g/mol. The van der Waals surface area contributed by atoms with Crippen LogP contribution in [0.5, 0.6) is 0 Å². The Labute approximate surface area is 66.5 Å². The minimum Gasteiger partial charge on any atom is -0.380 e. The Kier molecular flexibility index (Phi) is 3.52. The molecule has 0 spiro atoms. The molecule has 2 atom stereocenters. The molecule has 2 N–H and O–H groups in total. The molecule has 0 aromatic heterocycles. The topological polar surface area (TPSA) is 35.2 Å². The smallest absolute Gasteiger partial charge is 0.0702 e. The quantitative estimate of drug-likeness (QED) is 0.648. The van der Waals surface area contributed by atoms with Crippen LogP contribution in [0.4, 0.5) is 0 Å². The number of rotatable bonds is 2. The molecule has 60 valence electrons. The first kappa shape index (κ1) is 8.37. The van der Waals surface area contributed by atoms with Gasteiger partial charge in [0.05, 0.1) is 6.10 Å². The van der Waals surface area contributed by atoms with Gasteiger partial charge in [0.1, 0.15) is 0 Å². The van der Waals surface area contributed by atoms with Crippen LogP contribution in [0.3, 0.4) is 0 Å². The van der Waals surface area contributed by atoms with Crippen LogP contribution in [0.25, 0.3) is 0 Å². The fourth-order valence-corrected chi connectivity index (χ4v) is 2.56. The van der Waals surface area contributed by atoms with Gasteiger partial charge in [-0.1, -0.05) is 0 Å². The average molecular weight is 161 g/mol. The third kappa shape index (κ3) is 1.87. The first-order valence-corrected chi connectivity index (χ1v) is 4.84. The monoisotopic (exact) mass is 161 g/mol. The molecule has 0 radical (unpaired) electrons. The van der Waals surface area contributed by atoms with Gasteiger partial charge in [-0.2, -0.15) is 11.8 Å². The van der Waals surface area contributed by atoms with Crippen molar-refractivity contribution in [1.29, 1.82) is 0 Å². The van der Waals surface area contributed by atoms with Crippen LogP contribution in [0.15, 0.2) is 0 Å². The van der Waals surface area contributed by atoms with E-state index in [1.807, 2.05) is 11.8 Å². The lowest BCUT2D eigenvalue weighted by atomic mass is 10.0. The summed E-state index contributed by atoms with van der Waals surface area (Å²) in [7, 11) is 1.78. The van der Waals surface area contributed by atoms with E-state index in [0.29, 0.717) is 12.0 Å². The van der Waals surface area contributed by atoms with Crippen molar-refractivity contribution >= 4 is 11.8 Å². The normalized spacial score (nSPS) is 34.2. The van der Waals surface area contributed by atoms with Crippen molar-refractivity contribution in [3.8, 4) is 0 Å². The number of hydrogen-bond acceptors (Lipinski definition) is 3. The third-order valence-electron chi connectivity index (χ3n) is 2.05. The highest BCUT2D eigenvalue weighted by molar-refractivity contribution is 7.99. The summed E-state index contributed by atoms with van der Waals surface area (Å²) in [5.41, 5.74) is 5.58. The Morgan fingerprint density at radius 3 is 3.00 bits per heavy atom. The zero-order valence-corrected chi connectivity index (χ0v) is 7.19. The molecule has 1 rings (SSSR count). The van der Waals surface area contributed by atoms with Gasteiger partial charge in [0.15, 0.2) is 0 Å². The van der Waals surface area contributed by atoms with Gasteiger partial charge in [-0.05, 0) is 24.6 Å². The van der Waals surface area contributed by atoms with E-state index in [1.54, 1.807) is 7.11 Å². The summed E-state index contributed by atoms with van der Waals surface area (Å²) in [5, 5.41) is 0. The fourth-order valence-electron chi connectivity index (χ4n) is 1.29. The number of ether oxygens (including phenoxy) is 1. The zero-order chi connectivity index (χ0) is 7.40. The molecule has 2 unspecified atom stereocenters. The van der Waals surface area contributed by atoms with Crippen LogP contribution < -0.4 is 5.73 Å². The lowest BCUT2D eigenvalue weighted by molar-refractivity contribution is 0.0696. The molecular formula is C7H15NOS. The van der Waals surface area contributed by atoms with E-state index in [0.717, 1.165) is 12.3 Å². The molecule has 0 aromatic carbocycles. The van der Waals surface area contributed by atoms with Crippen LogP contribution in [-0.2, 0) is 4.74 Å². The molecule has 2 nitrogen and oxygen atoms in total. The van der Waals surface area contributed by atoms with Gasteiger partial charge < -0.3 is 10.5 Å². The first-order chi connectivity index (χ1) is 4.88. The number of nitrogens with two attached hydrogens (primary N) is 1. The Morgan fingerprint density at radius 1 is 1.70 bits per heavy atom. The van der Waals surface area contributed by atoms with E-state index in [1.165, 1.54) is 12.2 Å². The van der Waals surface area contributed by atoms with Gasteiger partial charge in [0, 0.05) is 12.9 Å². The van der Waals surface area contributed by atoms with Gasteiger partial charge in [0.25, 0.3) is 0 Å². The predicted molar refractivity (Wildman–Crippen MR) is 45.3 cm³/mol. The molecule has 1 aliphatic rings. The van der Waals surface area contributed by atoms with Gasteiger partial charge in [-0.25, -0.2) is 0 Å². The maximum Gasteiger partial charge on any atom is 0.0702 e. The summed E-state index contributed by atoms with van der Waals surface area (Å²) in [6.45, 7) is 0.777. The minimum absolute atomic E-state index is 0.406. The second kappa shape index (κ2) is 4.21. The Morgan fingerprint density at radius 2 is 2.50 bits per heavy atom. The summed E-state index contributed by atoms with van der Waals surface area (Å²) in [6.07, 6.45) is 1.63. The molecule has 1 aliphatic heterocycles. The molecule has 1 fully saturated rings. The highest BCUT2D eigenvalue weighted by Gasteiger charge is 2.23. The standard InChI is InChI=1S/C7H15NOS/c1-9-7-5-10-3-2-6(7)4-8/h6-7H,2-5,8H2,1H3. The van der Waals surface area contributed by atoms with E-state index < -0.39 is 0 Å². The first-order valence-electron chi connectivity index (χ1n) is 3.69. The van der Waals surface area contributed by atoms with Gasteiger partial charge >= 0.3 is 0 Å². The van der Waals surface area contributed by atoms with Crippen LogP contribution in [0.1, 0.15) is 6.42 Å². The van der Waals surface area contributed by atoms with Gasteiger partial charge in [0.2, 0.25) is 0 Å². The summed E-state index contributed by atoms with van der Waals surface area (Å²) < 4.78 is 5.29. The Balaban J connectivity index is 2.34. The van der Waals surface area contributed by atoms with Crippen molar-refractivity contribution in [2.45, 2.75) is 12.5 Å². The van der Waals surface area contributed by atoms with Crippen molar-refractivity contribution in [3.63, 3.8) is 0 Å². The second-order valence-electron chi connectivity index (χ2n) is 2.63. The van der Waals surface area contributed by atoms with Crippen molar-refractivity contribution < 1.29 is 4.74 Å². The van der Waals surface area contributed by atoms with Gasteiger partial charge in [-0.3, -0.25) is 0 Å². The molecule has 3 heteroatoms. The van der Waals surface area contributed by atoms with E-state index in [4.69, 9.17) is 10.5 Å². The number of hydrogen-bond donors (Lipinski definition) is 1. The van der Waals surface area contributed by atoms with Crippen LogP contribution in [0.2, 0.25) is 0 Å². The van der Waals surface area contributed by atoms with Crippen LogP contribution in [-0.4, -0.2) is 31.3 Å². The minimum atomic E-state index is 0.406. The molecule has 10 heavy (non-hydrogen) atoms. The Bertz CT molecular complexity index is 87.6. The number of methoxy groups -OCH3 is 1. The maximum absolute atomic E-state index is 5.58. The molecule has 0 saturated carbocycles. The average Bonchev–Trinajstić information content (AvgIpc) is 2.04. The summed E-state index contributed by atoms with van der Waals surface area (Å²) in [5.74, 6) is 2.98. The van der Waals surface area contributed by atoms with Gasteiger partial charge in [-0.15, -0.1) is 0 Å². The lowest BCUT2D eigenvalue weighted by Crippen LogP contribution is -2.34. The molecule has 0 bridgehead atoms. The maximum atomic E-state index is 5.58. The van der Waals surface area contributed by atoms with Crippen LogP contribution >= 0.6 is 11.8 Å². The lowest BCUT2D eigenvalue weighted by Gasteiger charge is -2.28. The SMILES string of the molecule is COC1CSCCC1CN. The third-order valence-corrected chi connectivity index (χ3v) is 3.13. The predicted octanol–water partition coefficient (Wildman–Crippen LogP) is 0.713. The summed E-state index contributed by atoms with van der Waals surface area (Å²) >= 11 is 1.97. The van der Waals surface area contributed by atoms with E-state index in [9.17, 15) is 0 Å². The molecule has 1 saturated heterocycles. The number of thioether (sulfide) groups is 1. The fraction of sp³-hybridized carbons (Fsp3) is 1.00. The largest absolute Gasteiger partial charge is 0.380 e. The van der Waals surface area contributed by atoms with Crippen LogP contribution in [0, 0.1) is 5.92 Å². The summed E-state index contributed by atoms with van der Waals surface area (Å²) in [6, 6.07) is 0. The Hall–Kier alpha value is 0.270.